The zero-order chi connectivity index (χ0) is 12.3. The second-order valence-electron chi connectivity index (χ2n) is 3.86. The third-order valence-electron chi connectivity index (χ3n) is 2.57. The summed E-state index contributed by atoms with van der Waals surface area (Å²) in [5.41, 5.74) is 0.943. The Morgan fingerprint density at radius 1 is 1.35 bits per heavy atom. The molecule has 0 amide bonds. The third-order valence-corrected chi connectivity index (χ3v) is 2.57. The molecular weight excluding hydrogens is 221 g/mol. The average molecular weight is 235 g/mol. The van der Waals surface area contributed by atoms with Crippen LogP contribution in [0.1, 0.15) is 30.2 Å². The maximum absolute atomic E-state index is 12.7. The van der Waals surface area contributed by atoms with Crippen LogP contribution in [-0.4, -0.2) is 17.2 Å². The Morgan fingerprint density at radius 3 is 2.71 bits per heavy atom. The third kappa shape index (κ3) is 2.88. The zero-order valence-corrected chi connectivity index (χ0v) is 9.77. The molecule has 2 rings (SSSR count). The average Bonchev–Trinajstić information content (AvgIpc) is 2.80. The van der Waals surface area contributed by atoms with Gasteiger partial charge in [0.15, 0.2) is 5.82 Å². The van der Waals surface area contributed by atoms with E-state index in [2.05, 4.69) is 15.5 Å². The molecule has 1 aromatic carbocycles. The van der Waals surface area contributed by atoms with Gasteiger partial charge >= 0.3 is 0 Å². The van der Waals surface area contributed by atoms with Crippen molar-refractivity contribution in [2.45, 2.75) is 19.4 Å². The standard InChI is InChI=1S/C12H14FN3O/c1-8(14-2)12-15-11(17-16-12)7-9-3-5-10(13)6-4-9/h3-6,8,14H,7H2,1-2H3. The highest BCUT2D eigenvalue weighted by Gasteiger charge is 2.11. The largest absolute Gasteiger partial charge is 0.339 e. The molecule has 0 bridgehead atoms. The minimum Gasteiger partial charge on any atom is -0.339 e. The van der Waals surface area contributed by atoms with Gasteiger partial charge in [-0.1, -0.05) is 17.3 Å². The van der Waals surface area contributed by atoms with Gasteiger partial charge in [-0.2, -0.15) is 4.98 Å². The van der Waals surface area contributed by atoms with Crippen LogP contribution >= 0.6 is 0 Å². The van der Waals surface area contributed by atoms with Gasteiger partial charge in [0.05, 0.1) is 12.5 Å². The van der Waals surface area contributed by atoms with E-state index in [9.17, 15) is 4.39 Å². The van der Waals surface area contributed by atoms with Gasteiger partial charge in [0.1, 0.15) is 5.82 Å². The number of halogens is 1. The zero-order valence-electron chi connectivity index (χ0n) is 9.77. The fourth-order valence-corrected chi connectivity index (χ4v) is 1.42. The van der Waals surface area contributed by atoms with Gasteiger partial charge in [0.2, 0.25) is 5.89 Å². The molecular formula is C12H14FN3O. The predicted octanol–water partition coefficient (Wildman–Crippen LogP) is 2.08. The molecule has 5 heteroatoms. The van der Waals surface area contributed by atoms with Crippen LogP contribution in [0.2, 0.25) is 0 Å². The van der Waals surface area contributed by atoms with Crippen LogP contribution < -0.4 is 5.32 Å². The van der Waals surface area contributed by atoms with E-state index in [0.717, 1.165) is 5.56 Å². The monoisotopic (exact) mass is 235 g/mol. The molecule has 0 saturated heterocycles. The Labute approximate surface area is 98.8 Å². The molecule has 1 aromatic heterocycles. The second kappa shape index (κ2) is 5.05. The number of hydrogen-bond donors (Lipinski definition) is 1. The van der Waals surface area contributed by atoms with Crippen LogP contribution in [0.3, 0.4) is 0 Å². The normalized spacial score (nSPS) is 12.6. The van der Waals surface area contributed by atoms with Crippen LogP contribution in [0, 0.1) is 5.82 Å². The molecule has 1 atom stereocenters. The van der Waals surface area contributed by atoms with Gasteiger partial charge in [-0.05, 0) is 31.7 Å². The van der Waals surface area contributed by atoms with Crippen molar-refractivity contribution >= 4 is 0 Å². The smallest absolute Gasteiger partial charge is 0.231 e. The van der Waals surface area contributed by atoms with E-state index < -0.39 is 0 Å². The highest BCUT2D eigenvalue weighted by atomic mass is 19.1. The number of rotatable bonds is 4. The number of benzene rings is 1. The minimum absolute atomic E-state index is 0.0562. The van der Waals surface area contributed by atoms with Gasteiger partial charge in [0, 0.05) is 0 Å². The summed E-state index contributed by atoms with van der Waals surface area (Å²) >= 11 is 0. The predicted molar refractivity (Wildman–Crippen MR) is 61.0 cm³/mol. The molecule has 4 nitrogen and oxygen atoms in total. The summed E-state index contributed by atoms with van der Waals surface area (Å²) in [7, 11) is 1.83. The van der Waals surface area contributed by atoms with E-state index in [1.54, 1.807) is 12.1 Å². The molecule has 0 fully saturated rings. The van der Waals surface area contributed by atoms with E-state index in [1.807, 2.05) is 14.0 Å². The van der Waals surface area contributed by atoms with Crippen molar-refractivity contribution < 1.29 is 8.91 Å². The molecule has 0 radical (unpaired) electrons. The summed E-state index contributed by atoms with van der Waals surface area (Å²) in [6.07, 6.45) is 0.518. The lowest BCUT2D eigenvalue weighted by Gasteiger charge is -2.01. The summed E-state index contributed by atoms with van der Waals surface area (Å²) in [6, 6.07) is 6.31. The van der Waals surface area contributed by atoms with Crippen LogP contribution in [0.25, 0.3) is 0 Å². The molecule has 0 aliphatic rings. The molecule has 17 heavy (non-hydrogen) atoms. The second-order valence-corrected chi connectivity index (χ2v) is 3.86. The molecule has 2 aromatic rings. The highest BCUT2D eigenvalue weighted by molar-refractivity contribution is 5.19. The van der Waals surface area contributed by atoms with Crippen LogP contribution in [0.5, 0.6) is 0 Å². The van der Waals surface area contributed by atoms with Crippen molar-refractivity contribution in [3.05, 3.63) is 47.4 Å². The van der Waals surface area contributed by atoms with Gasteiger partial charge in [-0.15, -0.1) is 0 Å². The quantitative estimate of drug-likeness (QED) is 0.881. The summed E-state index contributed by atoms with van der Waals surface area (Å²) in [5.74, 6) is 0.919. The molecule has 0 aliphatic carbocycles. The SMILES string of the molecule is CNC(C)c1noc(Cc2ccc(F)cc2)n1. The molecule has 1 heterocycles. The van der Waals surface area contributed by atoms with Crippen molar-refractivity contribution in [2.75, 3.05) is 7.05 Å². The van der Waals surface area contributed by atoms with Crippen molar-refractivity contribution in [1.82, 2.24) is 15.5 Å². The van der Waals surface area contributed by atoms with E-state index in [1.165, 1.54) is 12.1 Å². The summed E-state index contributed by atoms with van der Waals surface area (Å²) in [6.45, 7) is 1.95. The number of aromatic nitrogens is 2. The molecule has 1 N–H and O–H groups in total. The van der Waals surface area contributed by atoms with E-state index >= 15 is 0 Å². The first-order valence-corrected chi connectivity index (χ1v) is 5.43. The van der Waals surface area contributed by atoms with Crippen molar-refractivity contribution in [3.8, 4) is 0 Å². The Hall–Kier alpha value is -1.75. The van der Waals surface area contributed by atoms with E-state index in [0.29, 0.717) is 18.1 Å². The Bertz CT molecular complexity index is 481. The fraction of sp³-hybridized carbons (Fsp3) is 0.333. The molecule has 0 aliphatic heterocycles. The van der Waals surface area contributed by atoms with Gasteiger partial charge < -0.3 is 9.84 Å². The van der Waals surface area contributed by atoms with Crippen molar-refractivity contribution in [1.29, 1.82) is 0 Å². The number of nitrogens with one attached hydrogen (secondary N) is 1. The van der Waals surface area contributed by atoms with E-state index in [4.69, 9.17) is 4.52 Å². The maximum atomic E-state index is 12.7. The van der Waals surface area contributed by atoms with Crippen LogP contribution in [0.4, 0.5) is 4.39 Å². The van der Waals surface area contributed by atoms with Gasteiger partial charge in [0.25, 0.3) is 0 Å². The van der Waals surface area contributed by atoms with Gasteiger partial charge in [-0.25, -0.2) is 4.39 Å². The van der Waals surface area contributed by atoms with Crippen molar-refractivity contribution in [3.63, 3.8) is 0 Å². The van der Waals surface area contributed by atoms with E-state index in [-0.39, 0.29) is 11.9 Å². The van der Waals surface area contributed by atoms with Crippen LogP contribution in [0.15, 0.2) is 28.8 Å². The lowest BCUT2D eigenvalue weighted by molar-refractivity contribution is 0.374. The maximum Gasteiger partial charge on any atom is 0.231 e. The highest BCUT2D eigenvalue weighted by Crippen LogP contribution is 2.12. The first-order valence-electron chi connectivity index (χ1n) is 5.43. The Balaban J connectivity index is 2.08. The fourth-order valence-electron chi connectivity index (χ4n) is 1.42. The minimum atomic E-state index is -0.247. The van der Waals surface area contributed by atoms with Crippen molar-refractivity contribution in [2.24, 2.45) is 0 Å². The summed E-state index contributed by atoms with van der Waals surface area (Å²) in [5, 5.41) is 6.91. The summed E-state index contributed by atoms with van der Waals surface area (Å²) in [4.78, 5) is 4.26. The molecule has 1 unspecified atom stereocenters. The number of nitrogens with zero attached hydrogens (tertiary/aromatic N) is 2. The Kier molecular flexibility index (Phi) is 3.49. The molecule has 90 valence electrons. The Morgan fingerprint density at radius 2 is 2.06 bits per heavy atom. The lowest BCUT2D eigenvalue weighted by Crippen LogP contribution is -2.13. The first-order chi connectivity index (χ1) is 8.19. The molecule has 0 saturated carbocycles. The topological polar surface area (TPSA) is 51.0 Å². The van der Waals surface area contributed by atoms with Crippen LogP contribution in [-0.2, 0) is 6.42 Å². The number of hydrogen-bond acceptors (Lipinski definition) is 4. The first kappa shape index (κ1) is 11.7. The summed E-state index contributed by atoms with van der Waals surface area (Å²) < 4.78 is 17.8. The van der Waals surface area contributed by atoms with Gasteiger partial charge in [-0.3, -0.25) is 0 Å². The lowest BCUT2D eigenvalue weighted by atomic mass is 10.1. The molecule has 0 spiro atoms.